The molecule has 0 saturated heterocycles. The van der Waals surface area contributed by atoms with Crippen LogP contribution in [0.4, 0.5) is 0 Å². The van der Waals surface area contributed by atoms with E-state index in [0.29, 0.717) is 0 Å². The number of halogens is 1. The minimum atomic E-state index is -2.37. The van der Waals surface area contributed by atoms with Gasteiger partial charge < -0.3 is 30.2 Å². The van der Waals surface area contributed by atoms with Crippen LogP contribution in [0.2, 0.25) is 6.04 Å². The maximum Gasteiger partial charge on any atom is 0.500 e. The molecule has 0 fully saturated rings. The van der Waals surface area contributed by atoms with Crippen molar-refractivity contribution in [2.75, 3.05) is 47.5 Å². The molecule has 6 heteroatoms. The summed E-state index contributed by atoms with van der Waals surface area (Å²) in [5, 5.41) is 0. The first-order valence-electron chi connectivity index (χ1n) is 6.58. The molecule has 0 radical (unpaired) electrons. The summed E-state index contributed by atoms with van der Waals surface area (Å²) in [7, 11) is 2.68. The van der Waals surface area contributed by atoms with E-state index < -0.39 is 8.80 Å². The number of quaternary nitrogens is 1. The van der Waals surface area contributed by atoms with E-state index >= 15 is 0 Å². The Kier molecular flexibility index (Phi) is 11.7. The lowest BCUT2D eigenvalue weighted by molar-refractivity contribution is -0.923. The Morgan fingerprint density at radius 2 is 1.22 bits per heavy atom. The zero-order chi connectivity index (χ0) is 13.4. The molecule has 0 heterocycles. The van der Waals surface area contributed by atoms with Crippen molar-refractivity contribution in [2.24, 2.45) is 0 Å². The predicted molar refractivity (Wildman–Crippen MR) is 73.0 cm³/mol. The third-order valence-corrected chi connectivity index (χ3v) is 6.89. The number of nitrogens with zero attached hydrogens (tertiary/aromatic N) is 1. The molecular formula is C12H30ClNO3Si. The summed E-state index contributed by atoms with van der Waals surface area (Å²) in [6.45, 7) is 11.5. The van der Waals surface area contributed by atoms with Crippen LogP contribution in [-0.4, -0.2) is 60.8 Å². The van der Waals surface area contributed by atoms with Gasteiger partial charge in [0.2, 0.25) is 0 Å². The van der Waals surface area contributed by atoms with Crippen molar-refractivity contribution in [2.45, 2.75) is 33.2 Å². The van der Waals surface area contributed by atoms with Crippen molar-refractivity contribution in [3.05, 3.63) is 0 Å². The van der Waals surface area contributed by atoms with Crippen molar-refractivity contribution in [3.63, 3.8) is 0 Å². The molecule has 18 heavy (non-hydrogen) atoms. The second kappa shape index (κ2) is 10.2. The van der Waals surface area contributed by atoms with Crippen LogP contribution in [0.15, 0.2) is 0 Å². The van der Waals surface area contributed by atoms with E-state index in [1.165, 1.54) is 30.7 Å². The molecule has 0 N–H and O–H groups in total. The predicted octanol–water partition coefficient (Wildman–Crippen LogP) is -0.865. The number of hydrogen-bond acceptors (Lipinski definition) is 3. The summed E-state index contributed by atoms with van der Waals surface area (Å²) < 4.78 is 17.5. The zero-order valence-electron chi connectivity index (χ0n) is 12.8. The molecule has 0 aromatic carbocycles. The van der Waals surface area contributed by atoms with E-state index in [4.69, 9.17) is 13.3 Å². The quantitative estimate of drug-likeness (QED) is 0.388. The van der Waals surface area contributed by atoms with Gasteiger partial charge >= 0.3 is 8.80 Å². The molecule has 0 aromatic rings. The Labute approximate surface area is 120 Å². The van der Waals surface area contributed by atoms with Gasteiger partial charge in [-0.2, -0.15) is 0 Å². The summed E-state index contributed by atoms with van der Waals surface area (Å²) in [5.74, 6) is 0. The molecule has 0 amide bonds. The molecule has 0 spiro atoms. The summed E-state index contributed by atoms with van der Waals surface area (Å²) in [4.78, 5) is 0. The second-order valence-corrected chi connectivity index (χ2v) is 7.50. The minimum Gasteiger partial charge on any atom is -1.00 e. The molecule has 0 bridgehead atoms. The van der Waals surface area contributed by atoms with Crippen LogP contribution in [-0.2, 0) is 13.3 Å². The molecule has 0 aromatic heterocycles. The van der Waals surface area contributed by atoms with E-state index in [0.717, 1.165) is 12.5 Å². The van der Waals surface area contributed by atoms with Gasteiger partial charge in [-0.3, -0.25) is 0 Å². The van der Waals surface area contributed by atoms with Crippen LogP contribution in [0.5, 0.6) is 0 Å². The summed E-state index contributed by atoms with van der Waals surface area (Å²) >= 11 is 0. The lowest BCUT2D eigenvalue weighted by Crippen LogP contribution is -3.00. The molecule has 0 aliphatic carbocycles. The van der Waals surface area contributed by atoms with Crippen LogP contribution in [0, 0.1) is 0 Å². The van der Waals surface area contributed by atoms with Crippen molar-refractivity contribution in [1.29, 1.82) is 0 Å². The van der Waals surface area contributed by atoms with Gasteiger partial charge in [0.15, 0.2) is 0 Å². The fraction of sp³-hybridized carbons (Fsp3) is 1.00. The highest BCUT2D eigenvalue weighted by molar-refractivity contribution is 6.60. The van der Waals surface area contributed by atoms with E-state index in [1.807, 2.05) is 0 Å². The SMILES string of the molecule is CC[N+](CC)(CC)CCC[Si](OC)(OC)OC.[Cl-]. The van der Waals surface area contributed by atoms with Crippen LogP contribution < -0.4 is 12.4 Å². The maximum atomic E-state index is 5.44. The highest BCUT2D eigenvalue weighted by Gasteiger charge is 2.38. The van der Waals surface area contributed by atoms with Gasteiger partial charge in [-0.05, 0) is 20.8 Å². The van der Waals surface area contributed by atoms with Gasteiger partial charge in [-0.1, -0.05) is 0 Å². The average molecular weight is 300 g/mol. The molecule has 0 saturated carbocycles. The standard InChI is InChI=1S/C12H30NO3Si.ClH/c1-7-13(8-2,9-3)11-10-12-17(14-4,15-5)16-6;/h7-12H2,1-6H3;1H/q+1;/p-1. The molecule has 4 nitrogen and oxygen atoms in total. The maximum absolute atomic E-state index is 5.44. The molecule has 112 valence electrons. The fourth-order valence-electron chi connectivity index (χ4n) is 2.33. The van der Waals surface area contributed by atoms with Gasteiger partial charge in [-0.15, -0.1) is 0 Å². The second-order valence-electron chi connectivity index (χ2n) is 4.41. The lowest BCUT2D eigenvalue weighted by Gasteiger charge is -2.36. The first-order chi connectivity index (χ1) is 8.07. The zero-order valence-corrected chi connectivity index (χ0v) is 14.5. The lowest BCUT2D eigenvalue weighted by atomic mass is 10.3. The van der Waals surface area contributed by atoms with E-state index in [-0.39, 0.29) is 12.4 Å². The third-order valence-electron chi connectivity index (χ3n) is 4.06. The monoisotopic (exact) mass is 299 g/mol. The van der Waals surface area contributed by atoms with Crippen LogP contribution in [0.1, 0.15) is 27.2 Å². The minimum absolute atomic E-state index is 0. The van der Waals surface area contributed by atoms with Crippen LogP contribution >= 0.6 is 0 Å². The number of rotatable bonds is 10. The van der Waals surface area contributed by atoms with E-state index in [2.05, 4.69) is 20.8 Å². The normalized spacial score (nSPS) is 12.3. The summed E-state index contributed by atoms with van der Waals surface area (Å²) in [6.07, 6.45) is 1.09. The first kappa shape index (κ1) is 20.7. The van der Waals surface area contributed by atoms with E-state index in [1.54, 1.807) is 21.3 Å². The molecule has 0 aliphatic rings. The highest BCUT2D eigenvalue weighted by atomic mass is 35.5. The first-order valence-corrected chi connectivity index (χ1v) is 8.51. The van der Waals surface area contributed by atoms with Gasteiger partial charge in [0, 0.05) is 33.8 Å². The van der Waals surface area contributed by atoms with Crippen molar-refractivity contribution in [3.8, 4) is 0 Å². The van der Waals surface area contributed by atoms with Gasteiger partial charge in [0.25, 0.3) is 0 Å². The third kappa shape index (κ3) is 5.55. The van der Waals surface area contributed by atoms with E-state index in [9.17, 15) is 0 Å². The van der Waals surface area contributed by atoms with Crippen LogP contribution in [0.3, 0.4) is 0 Å². The smallest absolute Gasteiger partial charge is 0.500 e. The van der Waals surface area contributed by atoms with Gasteiger partial charge in [0.1, 0.15) is 0 Å². The number of hydrogen-bond donors (Lipinski definition) is 0. The Balaban J connectivity index is 0. The Hall–Kier alpha value is 0.347. The largest absolute Gasteiger partial charge is 1.00 e. The summed E-state index contributed by atoms with van der Waals surface area (Å²) in [6, 6.07) is 0.899. The highest BCUT2D eigenvalue weighted by Crippen LogP contribution is 2.17. The van der Waals surface area contributed by atoms with Gasteiger partial charge in [0.05, 0.1) is 26.2 Å². The van der Waals surface area contributed by atoms with Gasteiger partial charge in [-0.25, -0.2) is 0 Å². The van der Waals surface area contributed by atoms with Crippen molar-refractivity contribution < 1.29 is 30.2 Å². The van der Waals surface area contributed by atoms with Crippen molar-refractivity contribution >= 4 is 8.80 Å². The molecular weight excluding hydrogens is 270 g/mol. The molecule has 0 aliphatic heterocycles. The van der Waals surface area contributed by atoms with Crippen LogP contribution in [0.25, 0.3) is 0 Å². The average Bonchev–Trinajstić information content (AvgIpc) is 2.41. The molecule has 0 rings (SSSR count). The Morgan fingerprint density at radius 1 is 0.833 bits per heavy atom. The Bertz CT molecular complexity index is 163. The molecule has 0 unspecified atom stereocenters. The fourth-order valence-corrected chi connectivity index (χ4v) is 4.04. The summed E-state index contributed by atoms with van der Waals surface area (Å²) in [5.41, 5.74) is 0. The Morgan fingerprint density at radius 3 is 1.50 bits per heavy atom. The topological polar surface area (TPSA) is 27.7 Å². The van der Waals surface area contributed by atoms with Crippen molar-refractivity contribution in [1.82, 2.24) is 0 Å². The molecule has 0 atom stereocenters.